The average molecular weight is 253 g/mol. The summed E-state index contributed by atoms with van der Waals surface area (Å²) in [5.74, 6) is 0.923. The van der Waals surface area contributed by atoms with Gasteiger partial charge in [0, 0.05) is 6.54 Å². The van der Waals surface area contributed by atoms with Crippen molar-refractivity contribution >= 4 is 5.57 Å². The Bertz CT molecular complexity index is 522. The van der Waals surface area contributed by atoms with Crippen molar-refractivity contribution < 1.29 is 0 Å². The maximum Gasteiger partial charge on any atom is 0.0529 e. The number of allylic oxidation sites excluding steroid dienone is 1. The molecular weight excluding hydrogens is 230 g/mol. The second-order valence-electron chi connectivity index (χ2n) is 6.15. The van der Waals surface area contributed by atoms with Crippen molar-refractivity contribution in [2.24, 2.45) is 5.92 Å². The first kappa shape index (κ1) is 12.7. The summed E-state index contributed by atoms with van der Waals surface area (Å²) in [6, 6.07) is 7.11. The fourth-order valence-electron chi connectivity index (χ4n) is 3.04. The molecule has 3 rings (SSSR count). The Labute approximate surface area is 116 Å². The van der Waals surface area contributed by atoms with Crippen molar-refractivity contribution in [1.82, 2.24) is 4.90 Å². The molecule has 1 atom stereocenters. The van der Waals surface area contributed by atoms with E-state index >= 15 is 0 Å². The van der Waals surface area contributed by atoms with Crippen LogP contribution in [-0.4, -0.2) is 24.5 Å². The average Bonchev–Trinajstić information content (AvgIpc) is 3.18. The van der Waals surface area contributed by atoms with Crippen LogP contribution in [0, 0.1) is 12.8 Å². The van der Waals surface area contributed by atoms with E-state index in [4.69, 9.17) is 0 Å². The third kappa shape index (κ3) is 2.66. The van der Waals surface area contributed by atoms with Crippen molar-refractivity contribution in [3.63, 3.8) is 0 Å². The number of nitrogens with zero attached hydrogens (tertiary/aromatic N) is 1. The van der Waals surface area contributed by atoms with E-state index in [9.17, 15) is 0 Å². The van der Waals surface area contributed by atoms with Crippen molar-refractivity contribution in [1.29, 1.82) is 0 Å². The lowest BCUT2D eigenvalue weighted by atomic mass is 9.94. The van der Waals surface area contributed by atoms with Gasteiger partial charge >= 0.3 is 0 Å². The maximum atomic E-state index is 4.38. The van der Waals surface area contributed by atoms with Gasteiger partial charge in [-0.1, -0.05) is 42.5 Å². The van der Waals surface area contributed by atoms with E-state index in [1.54, 1.807) is 0 Å². The minimum atomic E-state index is 0.365. The Morgan fingerprint density at radius 2 is 2.11 bits per heavy atom. The largest absolute Gasteiger partial charge is 0.296 e. The quantitative estimate of drug-likeness (QED) is 0.740. The van der Waals surface area contributed by atoms with Gasteiger partial charge in [0.15, 0.2) is 0 Å². The Kier molecular flexibility index (Phi) is 3.32. The molecule has 19 heavy (non-hydrogen) atoms. The van der Waals surface area contributed by atoms with Crippen LogP contribution in [0.15, 0.2) is 36.9 Å². The lowest BCUT2D eigenvalue weighted by Gasteiger charge is -2.27. The summed E-state index contributed by atoms with van der Waals surface area (Å²) in [6.45, 7) is 7.75. The van der Waals surface area contributed by atoms with Crippen LogP contribution in [-0.2, 0) is 6.42 Å². The predicted molar refractivity (Wildman–Crippen MR) is 82.2 cm³/mol. The standard InChI is InChI=1S/C18H23N/c1-13-7-10-17-14(2)18(6-4-5-16(17)11-13)19(3)12-15-8-9-15/h4,6-7,10-11,15,18H,2,5,8-9,12H2,1,3H3. The fraction of sp³-hybridized carbons (Fsp3) is 0.444. The van der Waals surface area contributed by atoms with Gasteiger partial charge in [0.25, 0.3) is 0 Å². The lowest BCUT2D eigenvalue weighted by Crippen LogP contribution is -2.32. The van der Waals surface area contributed by atoms with Gasteiger partial charge in [-0.25, -0.2) is 0 Å². The summed E-state index contributed by atoms with van der Waals surface area (Å²) in [5.41, 5.74) is 5.36. The molecule has 0 aliphatic heterocycles. The van der Waals surface area contributed by atoms with Gasteiger partial charge in [0.2, 0.25) is 0 Å². The molecule has 0 saturated heterocycles. The molecule has 1 saturated carbocycles. The molecule has 0 heterocycles. The molecule has 0 N–H and O–H groups in total. The second kappa shape index (κ2) is 4.97. The van der Waals surface area contributed by atoms with Gasteiger partial charge < -0.3 is 0 Å². The van der Waals surface area contributed by atoms with Gasteiger partial charge in [0.1, 0.15) is 0 Å². The molecule has 0 spiro atoms. The van der Waals surface area contributed by atoms with Crippen molar-refractivity contribution in [2.45, 2.75) is 32.2 Å². The highest BCUT2D eigenvalue weighted by atomic mass is 15.1. The zero-order valence-corrected chi connectivity index (χ0v) is 12.0. The molecule has 0 bridgehead atoms. The summed E-state index contributed by atoms with van der Waals surface area (Å²) >= 11 is 0. The molecular formula is C18H23N. The lowest BCUT2D eigenvalue weighted by molar-refractivity contribution is 0.312. The molecule has 1 aromatic carbocycles. The van der Waals surface area contributed by atoms with Gasteiger partial charge in [-0.15, -0.1) is 0 Å². The van der Waals surface area contributed by atoms with Crippen LogP contribution in [0.4, 0.5) is 0 Å². The minimum absolute atomic E-state index is 0.365. The van der Waals surface area contributed by atoms with Crippen LogP contribution in [0.3, 0.4) is 0 Å². The van der Waals surface area contributed by atoms with Crippen LogP contribution in [0.2, 0.25) is 0 Å². The smallest absolute Gasteiger partial charge is 0.0529 e. The first-order valence-electron chi connectivity index (χ1n) is 7.31. The summed E-state index contributed by atoms with van der Waals surface area (Å²) < 4.78 is 0. The molecule has 1 nitrogen and oxygen atoms in total. The number of likely N-dealkylation sites (N-methyl/N-ethyl adjacent to an activating group) is 1. The Morgan fingerprint density at radius 3 is 2.84 bits per heavy atom. The number of aryl methyl sites for hydroxylation is 1. The van der Waals surface area contributed by atoms with Gasteiger partial charge in [-0.05, 0) is 55.9 Å². The molecule has 0 amide bonds. The molecule has 0 aromatic heterocycles. The Balaban J connectivity index is 1.87. The van der Waals surface area contributed by atoms with E-state index in [2.05, 4.69) is 55.8 Å². The fourth-order valence-corrected chi connectivity index (χ4v) is 3.04. The van der Waals surface area contributed by atoms with Crippen LogP contribution in [0.1, 0.15) is 29.5 Å². The topological polar surface area (TPSA) is 3.24 Å². The number of hydrogen-bond acceptors (Lipinski definition) is 1. The van der Waals surface area contributed by atoms with Gasteiger partial charge in [-0.3, -0.25) is 4.90 Å². The summed E-state index contributed by atoms with van der Waals surface area (Å²) in [4.78, 5) is 2.46. The van der Waals surface area contributed by atoms with E-state index in [-0.39, 0.29) is 0 Å². The van der Waals surface area contributed by atoms with Crippen LogP contribution in [0.5, 0.6) is 0 Å². The summed E-state index contributed by atoms with van der Waals surface area (Å²) in [7, 11) is 2.23. The zero-order chi connectivity index (χ0) is 13.4. The van der Waals surface area contributed by atoms with Crippen molar-refractivity contribution in [3.8, 4) is 0 Å². The highest BCUT2D eigenvalue weighted by Crippen LogP contribution is 2.33. The van der Waals surface area contributed by atoms with Crippen LogP contribution < -0.4 is 0 Å². The summed E-state index contributed by atoms with van der Waals surface area (Å²) in [5, 5.41) is 0. The number of rotatable bonds is 3. The molecule has 1 aromatic rings. The third-order valence-electron chi connectivity index (χ3n) is 4.34. The number of hydrogen-bond donors (Lipinski definition) is 0. The van der Waals surface area contributed by atoms with E-state index in [1.807, 2.05) is 0 Å². The first-order chi connectivity index (χ1) is 9.15. The molecule has 1 heteroatoms. The molecule has 100 valence electrons. The predicted octanol–water partition coefficient (Wildman–Crippen LogP) is 3.83. The van der Waals surface area contributed by atoms with E-state index in [0.717, 1.165) is 12.3 Å². The third-order valence-corrected chi connectivity index (χ3v) is 4.34. The first-order valence-corrected chi connectivity index (χ1v) is 7.31. The van der Waals surface area contributed by atoms with Crippen molar-refractivity contribution in [2.75, 3.05) is 13.6 Å². The number of benzene rings is 1. The SMILES string of the molecule is C=C1c2ccc(C)cc2CC=CC1N(C)CC1CC1. The highest BCUT2D eigenvalue weighted by Gasteiger charge is 2.27. The Hall–Kier alpha value is -1.34. The normalized spacial score (nSPS) is 22.5. The number of fused-ring (bicyclic) bond motifs is 1. The monoisotopic (exact) mass is 253 g/mol. The minimum Gasteiger partial charge on any atom is -0.296 e. The molecule has 1 fully saturated rings. The van der Waals surface area contributed by atoms with Crippen LogP contribution in [0.25, 0.3) is 5.57 Å². The van der Waals surface area contributed by atoms with E-state index < -0.39 is 0 Å². The molecule has 1 unspecified atom stereocenters. The summed E-state index contributed by atoms with van der Waals surface area (Å²) in [6.07, 6.45) is 8.49. The molecule has 2 aliphatic rings. The Morgan fingerprint density at radius 1 is 1.32 bits per heavy atom. The zero-order valence-electron chi connectivity index (χ0n) is 12.0. The molecule has 0 radical (unpaired) electrons. The highest BCUT2D eigenvalue weighted by molar-refractivity contribution is 5.73. The van der Waals surface area contributed by atoms with Crippen molar-refractivity contribution in [3.05, 3.63) is 53.6 Å². The molecule has 2 aliphatic carbocycles. The maximum absolute atomic E-state index is 4.38. The van der Waals surface area contributed by atoms with Crippen LogP contribution >= 0.6 is 0 Å². The van der Waals surface area contributed by atoms with E-state index in [0.29, 0.717) is 6.04 Å². The van der Waals surface area contributed by atoms with Gasteiger partial charge in [-0.2, -0.15) is 0 Å². The second-order valence-corrected chi connectivity index (χ2v) is 6.15. The van der Waals surface area contributed by atoms with Gasteiger partial charge in [0.05, 0.1) is 6.04 Å². The van der Waals surface area contributed by atoms with E-state index in [1.165, 1.54) is 41.6 Å².